The molecule has 1 aliphatic rings. The summed E-state index contributed by atoms with van der Waals surface area (Å²) in [6.07, 6.45) is 7.33. The molecule has 2 rings (SSSR count). The Balaban J connectivity index is 1.90. The van der Waals surface area contributed by atoms with Crippen LogP contribution in [0, 0.1) is 5.92 Å². The molecule has 1 aliphatic carbocycles. The van der Waals surface area contributed by atoms with Gasteiger partial charge in [-0.3, -0.25) is 5.32 Å². The topological polar surface area (TPSA) is 50.8 Å². The largest absolute Gasteiger partial charge is 0.491 e. The third kappa shape index (κ3) is 6.87. The second kappa shape index (κ2) is 11.1. The fourth-order valence-corrected chi connectivity index (χ4v) is 3.51. The molecule has 146 valence electrons. The van der Waals surface area contributed by atoms with Gasteiger partial charge in [-0.05, 0) is 51.9 Å². The number of rotatable bonds is 9. The minimum absolute atomic E-state index is 0.0104. The second-order valence-electron chi connectivity index (χ2n) is 7.43. The van der Waals surface area contributed by atoms with E-state index >= 15 is 0 Å². The van der Waals surface area contributed by atoms with Crippen molar-refractivity contribution < 1.29 is 14.3 Å². The van der Waals surface area contributed by atoms with Gasteiger partial charge in [0, 0.05) is 12.5 Å². The van der Waals surface area contributed by atoms with E-state index in [1.165, 1.54) is 6.42 Å². The average molecular weight is 363 g/mol. The van der Waals surface area contributed by atoms with Crippen LogP contribution in [0.15, 0.2) is 24.3 Å². The maximum Gasteiger partial charge on any atom is 0.412 e. The van der Waals surface area contributed by atoms with Gasteiger partial charge < -0.3 is 14.4 Å². The second-order valence-corrected chi connectivity index (χ2v) is 7.43. The standard InChI is InChI=1S/C21H34N2O3/c1-4-5-10-15-25-20-14-9-7-12-18(20)22-21(24)26-19-13-8-6-11-17(19)16-23(2)3/h7,9,12,14,17,19H,4-6,8,10-11,13,15-16H2,1-3H3,(H,22,24). The third-order valence-corrected chi connectivity index (χ3v) is 4.83. The number of carbonyl (C=O) groups excluding carboxylic acids is 1. The van der Waals surface area contributed by atoms with Crippen LogP contribution in [-0.4, -0.2) is 44.3 Å². The molecule has 0 aromatic heterocycles. The fraction of sp³-hybridized carbons (Fsp3) is 0.667. The van der Waals surface area contributed by atoms with Crippen LogP contribution in [0.2, 0.25) is 0 Å². The Bertz CT molecular complexity index is 548. The first kappa shape index (κ1) is 20.6. The molecule has 5 heteroatoms. The summed E-state index contributed by atoms with van der Waals surface area (Å²) in [6.45, 7) is 3.78. The van der Waals surface area contributed by atoms with Crippen LogP contribution in [0.1, 0.15) is 51.9 Å². The number of benzene rings is 1. The van der Waals surface area contributed by atoms with Crippen LogP contribution < -0.4 is 10.1 Å². The van der Waals surface area contributed by atoms with Gasteiger partial charge in [-0.1, -0.05) is 38.3 Å². The highest BCUT2D eigenvalue weighted by molar-refractivity contribution is 5.86. The number of hydrogen-bond acceptors (Lipinski definition) is 4. The van der Waals surface area contributed by atoms with E-state index in [4.69, 9.17) is 9.47 Å². The van der Waals surface area contributed by atoms with Crippen LogP contribution >= 0.6 is 0 Å². The van der Waals surface area contributed by atoms with E-state index in [1.54, 1.807) is 0 Å². The zero-order chi connectivity index (χ0) is 18.8. The van der Waals surface area contributed by atoms with Crippen LogP contribution in [-0.2, 0) is 4.74 Å². The van der Waals surface area contributed by atoms with Crippen LogP contribution in [0.3, 0.4) is 0 Å². The molecular weight excluding hydrogens is 328 g/mol. The van der Waals surface area contributed by atoms with Crippen molar-refractivity contribution >= 4 is 11.8 Å². The summed E-state index contributed by atoms with van der Waals surface area (Å²) in [5.74, 6) is 1.11. The summed E-state index contributed by atoms with van der Waals surface area (Å²) >= 11 is 0. The summed E-state index contributed by atoms with van der Waals surface area (Å²) in [5.41, 5.74) is 0.675. The molecule has 0 spiro atoms. The molecule has 1 aromatic carbocycles. The smallest absolute Gasteiger partial charge is 0.412 e. The molecule has 0 bridgehead atoms. The molecular formula is C21H34N2O3. The molecule has 2 atom stereocenters. The molecule has 5 nitrogen and oxygen atoms in total. The first-order valence-electron chi connectivity index (χ1n) is 9.94. The number of hydrogen-bond donors (Lipinski definition) is 1. The van der Waals surface area contributed by atoms with Crippen molar-refractivity contribution in [1.82, 2.24) is 4.90 Å². The highest BCUT2D eigenvalue weighted by Gasteiger charge is 2.28. The normalized spacial score (nSPS) is 20.0. The van der Waals surface area contributed by atoms with Crippen molar-refractivity contribution in [3.05, 3.63) is 24.3 Å². The number of nitrogens with zero attached hydrogens (tertiary/aromatic N) is 1. The lowest BCUT2D eigenvalue weighted by molar-refractivity contribution is 0.0357. The van der Waals surface area contributed by atoms with Gasteiger partial charge in [-0.25, -0.2) is 4.79 Å². The van der Waals surface area contributed by atoms with Gasteiger partial charge in [0.1, 0.15) is 11.9 Å². The van der Waals surface area contributed by atoms with Gasteiger partial charge >= 0.3 is 6.09 Å². The lowest BCUT2D eigenvalue weighted by atomic mass is 9.86. The molecule has 1 amide bonds. The minimum atomic E-state index is -0.384. The fourth-order valence-electron chi connectivity index (χ4n) is 3.51. The third-order valence-electron chi connectivity index (χ3n) is 4.83. The highest BCUT2D eigenvalue weighted by Crippen LogP contribution is 2.29. The Labute approximate surface area is 158 Å². The summed E-state index contributed by atoms with van der Waals surface area (Å²) < 4.78 is 11.6. The average Bonchev–Trinajstić information content (AvgIpc) is 2.61. The Hall–Kier alpha value is -1.75. The van der Waals surface area contributed by atoms with Gasteiger partial charge in [-0.15, -0.1) is 0 Å². The van der Waals surface area contributed by atoms with Gasteiger partial charge in [0.05, 0.1) is 12.3 Å². The van der Waals surface area contributed by atoms with Crippen molar-refractivity contribution in [2.45, 2.75) is 58.0 Å². The summed E-state index contributed by atoms with van der Waals surface area (Å²) in [7, 11) is 4.13. The van der Waals surface area contributed by atoms with Crippen molar-refractivity contribution in [3.8, 4) is 5.75 Å². The highest BCUT2D eigenvalue weighted by atomic mass is 16.6. The molecule has 26 heavy (non-hydrogen) atoms. The van der Waals surface area contributed by atoms with Crippen LogP contribution in [0.5, 0.6) is 5.75 Å². The number of anilines is 1. The predicted molar refractivity (Wildman–Crippen MR) is 106 cm³/mol. The van der Waals surface area contributed by atoms with Crippen molar-refractivity contribution in [1.29, 1.82) is 0 Å². The van der Waals surface area contributed by atoms with E-state index in [2.05, 4.69) is 31.2 Å². The minimum Gasteiger partial charge on any atom is -0.491 e. The Morgan fingerprint density at radius 2 is 1.96 bits per heavy atom. The van der Waals surface area contributed by atoms with E-state index in [1.807, 2.05) is 24.3 Å². The molecule has 0 saturated heterocycles. The number of carbonyl (C=O) groups is 1. The lowest BCUT2D eigenvalue weighted by Gasteiger charge is -2.32. The van der Waals surface area contributed by atoms with E-state index in [0.717, 1.165) is 45.1 Å². The first-order valence-corrected chi connectivity index (χ1v) is 9.94. The Morgan fingerprint density at radius 3 is 2.73 bits per heavy atom. The number of amides is 1. The number of nitrogens with one attached hydrogen (secondary N) is 1. The summed E-state index contributed by atoms with van der Waals surface area (Å²) in [4.78, 5) is 14.6. The zero-order valence-corrected chi connectivity index (χ0v) is 16.5. The molecule has 1 saturated carbocycles. The maximum absolute atomic E-state index is 12.4. The van der Waals surface area contributed by atoms with Crippen LogP contribution in [0.25, 0.3) is 0 Å². The molecule has 0 radical (unpaired) electrons. The molecule has 1 aromatic rings. The van der Waals surface area contributed by atoms with Crippen LogP contribution in [0.4, 0.5) is 10.5 Å². The van der Waals surface area contributed by atoms with Crippen molar-refractivity contribution in [2.75, 3.05) is 32.6 Å². The van der Waals surface area contributed by atoms with Gasteiger partial charge in [-0.2, -0.15) is 0 Å². The molecule has 0 heterocycles. The molecule has 2 unspecified atom stereocenters. The first-order chi connectivity index (χ1) is 12.6. The number of ether oxygens (including phenoxy) is 2. The Kier molecular flexibility index (Phi) is 8.75. The summed E-state index contributed by atoms with van der Waals surface area (Å²) in [6, 6.07) is 7.55. The zero-order valence-electron chi connectivity index (χ0n) is 16.5. The molecule has 1 N–H and O–H groups in total. The predicted octanol–water partition coefficient (Wildman–Crippen LogP) is 4.92. The van der Waals surface area contributed by atoms with E-state index in [0.29, 0.717) is 24.0 Å². The SMILES string of the molecule is CCCCCOc1ccccc1NC(=O)OC1CCCCC1CN(C)C. The van der Waals surface area contributed by atoms with E-state index in [-0.39, 0.29) is 12.2 Å². The molecule has 1 fully saturated rings. The van der Waals surface area contributed by atoms with E-state index in [9.17, 15) is 4.79 Å². The van der Waals surface area contributed by atoms with Crippen molar-refractivity contribution in [3.63, 3.8) is 0 Å². The quantitative estimate of drug-likeness (QED) is 0.633. The van der Waals surface area contributed by atoms with Gasteiger partial charge in [0.25, 0.3) is 0 Å². The molecule has 0 aliphatic heterocycles. The van der Waals surface area contributed by atoms with Gasteiger partial charge in [0.15, 0.2) is 0 Å². The van der Waals surface area contributed by atoms with E-state index < -0.39 is 0 Å². The lowest BCUT2D eigenvalue weighted by Crippen LogP contribution is -2.37. The monoisotopic (exact) mass is 362 g/mol. The van der Waals surface area contributed by atoms with Crippen molar-refractivity contribution in [2.24, 2.45) is 5.92 Å². The number of unbranched alkanes of at least 4 members (excludes halogenated alkanes) is 2. The maximum atomic E-state index is 12.4. The Morgan fingerprint density at radius 1 is 1.19 bits per heavy atom. The summed E-state index contributed by atoms with van der Waals surface area (Å²) in [5, 5.41) is 2.87. The number of para-hydroxylation sites is 2. The van der Waals surface area contributed by atoms with Gasteiger partial charge in [0.2, 0.25) is 0 Å².